The topological polar surface area (TPSA) is 16.2 Å². The van der Waals surface area contributed by atoms with Crippen molar-refractivity contribution >= 4 is 24.4 Å². The first-order valence-corrected chi connectivity index (χ1v) is 9.53. The van der Waals surface area contributed by atoms with Gasteiger partial charge in [0.2, 0.25) is 0 Å². The van der Waals surface area contributed by atoms with Crippen LogP contribution >= 0.6 is 0 Å². The summed E-state index contributed by atoms with van der Waals surface area (Å²) < 4.78 is 2.16. The highest BCUT2D eigenvalue weighted by atomic mass is 14.9. The van der Waals surface area contributed by atoms with Crippen molar-refractivity contribution in [3.8, 4) is 0 Å². The van der Waals surface area contributed by atoms with E-state index in [1.54, 1.807) is 0 Å². The molecule has 0 N–H and O–H groups in total. The molecule has 0 atom stereocenters. The molecule has 1 aromatic heterocycles. The van der Waals surface area contributed by atoms with Crippen LogP contribution < -0.4 is 4.57 Å². The number of allylic oxidation sites excluding steroid dienone is 5. The number of hydrogen-bond acceptors (Lipinski definition) is 1. The molecule has 2 heteroatoms. The zero-order chi connectivity index (χ0) is 19.3. The quantitative estimate of drug-likeness (QED) is 0.324. The molecule has 1 heterocycles. The van der Waals surface area contributed by atoms with E-state index < -0.39 is 0 Å². The number of benzene rings is 1. The van der Waals surface area contributed by atoms with Crippen molar-refractivity contribution in [2.45, 2.75) is 27.3 Å². The Morgan fingerprint density at radius 1 is 0.926 bits per heavy atom. The van der Waals surface area contributed by atoms with Gasteiger partial charge in [-0.05, 0) is 55.2 Å². The predicted octanol–water partition coefficient (Wildman–Crippen LogP) is 5.77. The average Bonchev–Trinajstić information content (AvgIpc) is 2.71. The van der Waals surface area contributed by atoms with E-state index in [0.717, 1.165) is 18.7 Å². The maximum absolute atomic E-state index is 4.25. The van der Waals surface area contributed by atoms with Crippen LogP contribution in [0.25, 0.3) is 18.2 Å². The van der Waals surface area contributed by atoms with E-state index in [1.807, 2.05) is 32.2 Å². The van der Waals surface area contributed by atoms with E-state index in [2.05, 4.69) is 95.7 Å². The van der Waals surface area contributed by atoms with E-state index >= 15 is 0 Å². The summed E-state index contributed by atoms with van der Waals surface area (Å²) in [4.78, 5) is 4.25. The molecule has 0 saturated heterocycles. The van der Waals surface area contributed by atoms with Crippen molar-refractivity contribution in [3.05, 3.63) is 95.4 Å². The number of hydrogen-bond donors (Lipinski definition) is 0. The summed E-state index contributed by atoms with van der Waals surface area (Å²) in [5, 5.41) is 0. The van der Waals surface area contributed by atoms with Crippen molar-refractivity contribution in [1.82, 2.24) is 0 Å². The molecular weight excluding hydrogens is 328 g/mol. The van der Waals surface area contributed by atoms with Gasteiger partial charge in [0.1, 0.15) is 6.54 Å². The van der Waals surface area contributed by atoms with Gasteiger partial charge in [0, 0.05) is 24.9 Å². The van der Waals surface area contributed by atoms with Crippen molar-refractivity contribution < 1.29 is 4.57 Å². The maximum atomic E-state index is 4.25. The van der Waals surface area contributed by atoms with E-state index in [4.69, 9.17) is 0 Å². The zero-order valence-corrected chi connectivity index (χ0v) is 16.5. The first-order valence-electron chi connectivity index (χ1n) is 9.53. The van der Waals surface area contributed by atoms with Crippen LogP contribution in [0.2, 0.25) is 0 Å². The van der Waals surface area contributed by atoms with Gasteiger partial charge in [-0.3, -0.25) is 4.99 Å². The largest absolute Gasteiger partial charge is 0.293 e. The Kier molecular flexibility index (Phi) is 8.72. The van der Waals surface area contributed by atoms with Crippen LogP contribution in [-0.2, 0) is 6.54 Å². The Morgan fingerprint density at radius 2 is 1.63 bits per heavy atom. The highest BCUT2D eigenvalue weighted by Crippen LogP contribution is 2.12. The summed E-state index contributed by atoms with van der Waals surface area (Å²) in [6.07, 6.45) is 20.8. The first-order chi connectivity index (χ1) is 13.2. The van der Waals surface area contributed by atoms with Crippen LogP contribution in [0.4, 0.5) is 0 Å². The molecular formula is C25H29N2+. The van der Waals surface area contributed by atoms with Crippen LogP contribution in [-0.4, -0.2) is 12.8 Å². The van der Waals surface area contributed by atoms with E-state index in [0.29, 0.717) is 0 Å². The van der Waals surface area contributed by atoms with Gasteiger partial charge in [0.05, 0.1) is 0 Å². The molecule has 0 aliphatic heterocycles. The Labute approximate surface area is 163 Å². The SMILES string of the molecule is C\C=C/C(/C=C/c1cccc(/C=C/c2cc[n+](CC)cc2)c1)=C\C=N\CC. The lowest BCUT2D eigenvalue weighted by Crippen LogP contribution is -2.30. The molecule has 0 spiro atoms. The highest BCUT2D eigenvalue weighted by Gasteiger charge is 1.95. The third-order valence-corrected chi connectivity index (χ3v) is 4.04. The number of aliphatic imine (C=N–C) groups is 1. The second-order valence-corrected chi connectivity index (χ2v) is 6.11. The number of pyridine rings is 1. The fourth-order valence-electron chi connectivity index (χ4n) is 2.55. The fourth-order valence-corrected chi connectivity index (χ4v) is 2.55. The molecule has 0 fully saturated rings. The average molecular weight is 358 g/mol. The number of aryl methyl sites for hydroxylation is 1. The van der Waals surface area contributed by atoms with Crippen LogP contribution in [0.3, 0.4) is 0 Å². The maximum Gasteiger partial charge on any atom is 0.169 e. The van der Waals surface area contributed by atoms with Crippen molar-refractivity contribution in [1.29, 1.82) is 0 Å². The predicted molar refractivity (Wildman–Crippen MR) is 119 cm³/mol. The minimum absolute atomic E-state index is 0.803. The number of rotatable bonds is 8. The second-order valence-electron chi connectivity index (χ2n) is 6.11. The van der Waals surface area contributed by atoms with Crippen molar-refractivity contribution in [2.24, 2.45) is 4.99 Å². The van der Waals surface area contributed by atoms with Gasteiger partial charge in [0.15, 0.2) is 12.4 Å². The van der Waals surface area contributed by atoms with E-state index in [1.165, 1.54) is 16.7 Å². The Bertz CT molecular complexity index is 850. The Hall–Kier alpha value is -3.00. The Balaban J connectivity index is 2.12. The molecule has 0 radical (unpaired) electrons. The molecule has 0 aliphatic carbocycles. The molecule has 2 nitrogen and oxygen atoms in total. The monoisotopic (exact) mass is 357 g/mol. The minimum atomic E-state index is 0.803. The van der Waals surface area contributed by atoms with Gasteiger partial charge in [0.25, 0.3) is 0 Å². The van der Waals surface area contributed by atoms with Gasteiger partial charge >= 0.3 is 0 Å². The molecule has 138 valence electrons. The van der Waals surface area contributed by atoms with Crippen LogP contribution in [0.1, 0.15) is 37.5 Å². The lowest BCUT2D eigenvalue weighted by molar-refractivity contribution is -0.693. The van der Waals surface area contributed by atoms with Gasteiger partial charge in [-0.1, -0.05) is 54.7 Å². The van der Waals surface area contributed by atoms with Gasteiger partial charge in [-0.25, -0.2) is 4.57 Å². The molecule has 2 aromatic rings. The molecule has 0 saturated carbocycles. The lowest BCUT2D eigenvalue weighted by Gasteiger charge is -1.98. The Morgan fingerprint density at radius 3 is 2.30 bits per heavy atom. The molecule has 1 aromatic carbocycles. The normalized spacial score (nSPS) is 12.9. The smallest absolute Gasteiger partial charge is 0.169 e. The van der Waals surface area contributed by atoms with E-state index in [-0.39, 0.29) is 0 Å². The number of aromatic nitrogens is 1. The highest BCUT2D eigenvalue weighted by molar-refractivity contribution is 5.75. The third-order valence-electron chi connectivity index (χ3n) is 4.04. The van der Waals surface area contributed by atoms with Crippen LogP contribution in [0.5, 0.6) is 0 Å². The zero-order valence-electron chi connectivity index (χ0n) is 16.5. The van der Waals surface area contributed by atoms with Gasteiger partial charge in [-0.15, -0.1) is 0 Å². The first kappa shape index (κ1) is 20.3. The molecule has 0 bridgehead atoms. The molecule has 2 rings (SSSR count). The fraction of sp³-hybridized carbons (Fsp3) is 0.200. The molecule has 0 unspecified atom stereocenters. The molecule has 0 amide bonds. The summed E-state index contributed by atoms with van der Waals surface area (Å²) in [6.45, 7) is 7.99. The third kappa shape index (κ3) is 7.41. The summed E-state index contributed by atoms with van der Waals surface area (Å²) in [7, 11) is 0. The van der Waals surface area contributed by atoms with Gasteiger partial charge in [-0.2, -0.15) is 0 Å². The van der Waals surface area contributed by atoms with E-state index in [9.17, 15) is 0 Å². The summed E-state index contributed by atoms with van der Waals surface area (Å²) in [5.41, 5.74) is 4.70. The second kappa shape index (κ2) is 11.6. The summed E-state index contributed by atoms with van der Waals surface area (Å²) >= 11 is 0. The van der Waals surface area contributed by atoms with Crippen molar-refractivity contribution in [3.63, 3.8) is 0 Å². The standard InChI is InChI=1S/C25H29N2/c1-4-8-22(15-18-26-5-2)11-13-24-9-7-10-25(21-24)14-12-23-16-19-27(6-3)20-17-23/h4,7-21H,5-6H2,1-3H3/q+1/b8-4-,13-11+,14-12+,22-15+,26-18+. The minimum Gasteiger partial charge on any atom is -0.293 e. The van der Waals surface area contributed by atoms with Crippen molar-refractivity contribution in [2.75, 3.05) is 6.54 Å². The summed E-state index contributed by atoms with van der Waals surface area (Å²) in [5.74, 6) is 0. The van der Waals surface area contributed by atoms with Gasteiger partial charge < -0.3 is 0 Å². The number of nitrogens with zero attached hydrogens (tertiary/aromatic N) is 2. The summed E-state index contributed by atoms with van der Waals surface area (Å²) in [6, 6.07) is 12.8. The lowest BCUT2D eigenvalue weighted by atomic mass is 10.1. The molecule has 0 aliphatic rings. The van der Waals surface area contributed by atoms with Crippen LogP contribution in [0.15, 0.2) is 83.7 Å². The molecule has 27 heavy (non-hydrogen) atoms. The van der Waals surface area contributed by atoms with Crippen LogP contribution in [0, 0.1) is 0 Å².